The third kappa shape index (κ3) is 0.863. The molecule has 0 spiro atoms. The second-order valence-corrected chi connectivity index (χ2v) is 2.21. The second-order valence-electron chi connectivity index (χ2n) is 1.38. The second kappa shape index (κ2) is 1.71. The van der Waals surface area contributed by atoms with Crippen molar-refractivity contribution in [3.05, 3.63) is 0 Å². The first-order chi connectivity index (χ1) is 3.30. The molecule has 1 aliphatic heterocycles. The number of hydrogen-bond donors (Lipinski definition) is 2. The lowest BCUT2D eigenvalue weighted by Crippen LogP contribution is -2.31. The Hall–Kier alpha value is -0.220. The first kappa shape index (κ1) is 4.93. The zero-order valence-corrected chi connectivity index (χ0v) is 4.49. The molecule has 1 rings (SSSR count). The maximum Gasteiger partial charge on any atom is 0.247 e. The number of rotatable bonds is 0. The molecule has 3 nitrogen and oxygen atoms in total. The number of hydrogen-bond acceptors (Lipinski definition) is 3. The Morgan fingerprint density at radius 3 is 2.86 bits per heavy atom. The molecule has 0 saturated carbocycles. The first-order valence-corrected chi connectivity index (χ1v) is 2.96. The third-order valence-electron chi connectivity index (χ3n) is 0.772. The van der Waals surface area contributed by atoms with E-state index in [0.717, 1.165) is 0 Å². The van der Waals surface area contributed by atoms with Crippen molar-refractivity contribution < 1.29 is 4.79 Å². The van der Waals surface area contributed by atoms with Crippen LogP contribution in [0.4, 0.5) is 0 Å². The Morgan fingerprint density at radius 1 is 2.00 bits per heavy atom. The SMILES string of the molecule is N[C@H]1CSNC1=O. The van der Waals surface area contributed by atoms with Gasteiger partial charge in [0.05, 0.1) is 6.04 Å². The summed E-state index contributed by atoms with van der Waals surface area (Å²) in [6.07, 6.45) is 0. The number of carbonyl (C=O) groups is 1. The molecule has 1 aliphatic rings. The zero-order chi connectivity index (χ0) is 5.28. The van der Waals surface area contributed by atoms with Crippen molar-refractivity contribution in [1.82, 2.24) is 4.72 Å². The fourth-order valence-corrected chi connectivity index (χ4v) is 1.06. The van der Waals surface area contributed by atoms with Gasteiger partial charge in [0.25, 0.3) is 0 Å². The zero-order valence-electron chi connectivity index (χ0n) is 3.68. The van der Waals surface area contributed by atoms with Gasteiger partial charge in [0.2, 0.25) is 5.91 Å². The molecule has 0 aliphatic carbocycles. The summed E-state index contributed by atoms with van der Waals surface area (Å²) in [6.45, 7) is 0. The molecule has 7 heavy (non-hydrogen) atoms. The summed E-state index contributed by atoms with van der Waals surface area (Å²) in [4.78, 5) is 10.3. The number of amides is 1. The van der Waals surface area contributed by atoms with E-state index in [0.29, 0.717) is 5.75 Å². The van der Waals surface area contributed by atoms with Gasteiger partial charge in [-0.05, 0) is 11.9 Å². The lowest BCUT2D eigenvalue weighted by Gasteiger charge is -1.89. The lowest BCUT2D eigenvalue weighted by molar-refractivity contribution is -0.119. The monoisotopic (exact) mass is 118 g/mol. The molecule has 1 saturated heterocycles. The minimum absolute atomic E-state index is 0.0509. The van der Waals surface area contributed by atoms with Gasteiger partial charge in [-0.3, -0.25) is 9.52 Å². The van der Waals surface area contributed by atoms with Crippen molar-refractivity contribution in [2.45, 2.75) is 6.04 Å². The average Bonchev–Trinajstić information content (AvgIpc) is 1.91. The third-order valence-corrected chi connectivity index (χ3v) is 1.64. The lowest BCUT2D eigenvalue weighted by atomic mass is 10.4. The molecular weight excluding hydrogens is 112 g/mol. The largest absolute Gasteiger partial charge is 0.319 e. The van der Waals surface area contributed by atoms with Crippen molar-refractivity contribution in [3.63, 3.8) is 0 Å². The summed E-state index contributed by atoms with van der Waals surface area (Å²) in [5.74, 6) is 0.656. The Kier molecular flexibility index (Phi) is 1.21. The molecule has 0 bridgehead atoms. The van der Waals surface area contributed by atoms with E-state index < -0.39 is 0 Å². The number of carbonyl (C=O) groups excluding carboxylic acids is 1. The molecule has 0 unspecified atom stereocenters. The van der Waals surface area contributed by atoms with Crippen molar-refractivity contribution in [2.24, 2.45) is 5.73 Å². The van der Waals surface area contributed by atoms with Crippen LogP contribution in [-0.4, -0.2) is 17.7 Å². The maximum atomic E-state index is 10.3. The molecule has 40 valence electrons. The van der Waals surface area contributed by atoms with Crippen molar-refractivity contribution in [3.8, 4) is 0 Å². The highest BCUT2D eigenvalue weighted by Gasteiger charge is 2.19. The smallest absolute Gasteiger partial charge is 0.247 e. The van der Waals surface area contributed by atoms with Crippen molar-refractivity contribution in [2.75, 3.05) is 5.75 Å². The van der Waals surface area contributed by atoms with Gasteiger partial charge in [-0.1, -0.05) is 0 Å². The van der Waals surface area contributed by atoms with Gasteiger partial charge in [-0.15, -0.1) is 0 Å². The molecule has 0 aromatic carbocycles. The molecule has 1 atom stereocenters. The molecular formula is C3H6N2OS. The number of nitrogens with one attached hydrogen (secondary N) is 1. The van der Waals surface area contributed by atoms with Crippen molar-refractivity contribution in [1.29, 1.82) is 0 Å². The Bertz CT molecular complexity index is 94.9. The van der Waals surface area contributed by atoms with Gasteiger partial charge in [0, 0.05) is 5.75 Å². The normalized spacial score (nSPS) is 30.4. The standard InChI is InChI=1S/C3H6N2OS/c4-2-1-7-5-3(2)6/h2H,1,4H2,(H,5,6)/t2-/m0/s1. The molecule has 0 aromatic heterocycles. The van der Waals surface area contributed by atoms with Crippen LogP contribution in [0.25, 0.3) is 0 Å². The van der Waals surface area contributed by atoms with Gasteiger partial charge in [-0.2, -0.15) is 0 Å². The van der Waals surface area contributed by atoms with E-state index in [2.05, 4.69) is 4.72 Å². The molecule has 1 amide bonds. The van der Waals surface area contributed by atoms with Gasteiger partial charge in [-0.25, -0.2) is 0 Å². The fourth-order valence-electron chi connectivity index (χ4n) is 0.354. The summed E-state index contributed by atoms with van der Waals surface area (Å²) in [7, 11) is 0. The van der Waals surface area contributed by atoms with E-state index in [1.165, 1.54) is 11.9 Å². The predicted molar refractivity (Wildman–Crippen MR) is 28.6 cm³/mol. The molecule has 0 aromatic rings. The van der Waals surface area contributed by atoms with Crippen LogP contribution in [0.1, 0.15) is 0 Å². The van der Waals surface area contributed by atoms with Gasteiger partial charge >= 0.3 is 0 Å². The highest BCUT2D eigenvalue weighted by Crippen LogP contribution is 2.04. The highest BCUT2D eigenvalue weighted by molar-refractivity contribution is 7.98. The van der Waals surface area contributed by atoms with Crippen LogP contribution < -0.4 is 10.5 Å². The minimum atomic E-state index is -0.273. The van der Waals surface area contributed by atoms with Gasteiger partial charge < -0.3 is 5.73 Å². The Labute approximate surface area is 45.8 Å². The van der Waals surface area contributed by atoms with E-state index in [4.69, 9.17) is 5.73 Å². The van der Waals surface area contributed by atoms with Gasteiger partial charge in [0.1, 0.15) is 0 Å². The minimum Gasteiger partial charge on any atom is -0.319 e. The van der Waals surface area contributed by atoms with Crippen LogP contribution in [0, 0.1) is 0 Å². The molecule has 1 fully saturated rings. The molecule has 3 N–H and O–H groups in total. The topological polar surface area (TPSA) is 55.1 Å². The van der Waals surface area contributed by atoms with Crippen LogP contribution >= 0.6 is 11.9 Å². The summed E-state index contributed by atoms with van der Waals surface area (Å²) < 4.78 is 2.52. The Balaban J connectivity index is 2.48. The highest BCUT2D eigenvalue weighted by atomic mass is 32.2. The summed E-state index contributed by atoms with van der Waals surface area (Å²) in [5, 5.41) is 0. The average molecular weight is 118 g/mol. The molecule has 1 heterocycles. The first-order valence-electron chi connectivity index (χ1n) is 1.98. The van der Waals surface area contributed by atoms with Crippen molar-refractivity contribution >= 4 is 17.9 Å². The predicted octanol–water partition coefficient (Wildman–Crippen LogP) is -0.908. The summed E-state index contributed by atoms with van der Waals surface area (Å²) in [5.41, 5.74) is 5.25. The van der Waals surface area contributed by atoms with E-state index in [9.17, 15) is 4.79 Å². The molecule has 4 heteroatoms. The van der Waals surface area contributed by atoms with E-state index in [-0.39, 0.29) is 11.9 Å². The van der Waals surface area contributed by atoms with Crippen LogP contribution in [0.15, 0.2) is 0 Å². The maximum absolute atomic E-state index is 10.3. The fraction of sp³-hybridized carbons (Fsp3) is 0.667. The van der Waals surface area contributed by atoms with Crippen LogP contribution in [0.5, 0.6) is 0 Å². The number of nitrogens with two attached hydrogens (primary N) is 1. The van der Waals surface area contributed by atoms with E-state index in [1.54, 1.807) is 0 Å². The summed E-state index contributed by atoms with van der Waals surface area (Å²) >= 11 is 1.37. The van der Waals surface area contributed by atoms with E-state index in [1.807, 2.05) is 0 Å². The van der Waals surface area contributed by atoms with Crippen LogP contribution in [0.3, 0.4) is 0 Å². The van der Waals surface area contributed by atoms with E-state index >= 15 is 0 Å². The van der Waals surface area contributed by atoms with Crippen LogP contribution in [0.2, 0.25) is 0 Å². The molecule has 0 radical (unpaired) electrons. The summed E-state index contributed by atoms with van der Waals surface area (Å²) in [6, 6.07) is -0.273. The quantitative estimate of drug-likeness (QED) is 0.405. The van der Waals surface area contributed by atoms with Gasteiger partial charge in [0.15, 0.2) is 0 Å². The van der Waals surface area contributed by atoms with Crippen LogP contribution in [-0.2, 0) is 4.79 Å². The Morgan fingerprint density at radius 2 is 2.71 bits per heavy atom.